The third-order valence-electron chi connectivity index (χ3n) is 3.78. The van der Waals surface area contributed by atoms with Gasteiger partial charge in [0.1, 0.15) is 17.3 Å². The minimum absolute atomic E-state index is 0.272. The molecule has 0 unspecified atom stereocenters. The van der Waals surface area contributed by atoms with Crippen LogP contribution < -0.4 is 9.47 Å². The molecule has 0 saturated carbocycles. The number of thioether (sulfide) groups is 1. The molecular weight excluding hydrogens is 353 g/mol. The van der Waals surface area contributed by atoms with Crippen molar-refractivity contribution in [2.45, 2.75) is 18.6 Å². The van der Waals surface area contributed by atoms with E-state index in [0.29, 0.717) is 18.1 Å². The van der Waals surface area contributed by atoms with Gasteiger partial charge in [0.15, 0.2) is 11.0 Å². The molecule has 1 heterocycles. The lowest BCUT2D eigenvalue weighted by molar-refractivity contribution is 0.343. The lowest BCUT2D eigenvalue weighted by Crippen LogP contribution is -2.04. The van der Waals surface area contributed by atoms with E-state index >= 15 is 0 Å². The first-order chi connectivity index (χ1) is 12.7. The number of nitrogens with zero attached hydrogens (tertiary/aromatic N) is 3. The largest absolute Gasteiger partial charge is 0.496 e. The van der Waals surface area contributed by atoms with E-state index in [9.17, 15) is 4.39 Å². The van der Waals surface area contributed by atoms with Crippen LogP contribution in [0.3, 0.4) is 0 Å². The fourth-order valence-corrected chi connectivity index (χ4v) is 3.35. The van der Waals surface area contributed by atoms with Gasteiger partial charge < -0.3 is 14.0 Å². The smallest absolute Gasteiger partial charge is 0.191 e. The predicted octanol–water partition coefficient (Wildman–Crippen LogP) is 4.28. The Kier molecular flexibility index (Phi) is 6.12. The summed E-state index contributed by atoms with van der Waals surface area (Å²) in [4.78, 5) is 0. The molecule has 0 atom stereocenters. The average Bonchev–Trinajstić information content (AvgIpc) is 3.09. The van der Waals surface area contributed by atoms with E-state index in [0.717, 1.165) is 28.8 Å². The number of methoxy groups -OCH3 is 1. The molecule has 0 aliphatic heterocycles. The summed E-state index contributed by atoms with van der Waals surface area (Å²) in [5.74, 6) is 2.64. The first-order valence-corrected chi connectivity index (χ1v) is 9.29. The second-order valence-corrected chi connectivity index (χ2v) is 6.46. The van der Waals surface area contributed by atoms with E-state index in [4.69, 9.17) is 9.47 Å². The summed E-state index contributed by atoms with van der Waals surface area (Å²) in [5.41, 5.74) is 0.916. The maximum atomic E-state index is 12.9. The Bertz CT molecular complexity index is 852. The molecule has 0 fully saturated rings. The van der Waals surface area contributed by atoms with Gasteiger partial charge in [-0.2, -0.15) is 0 Å². The molecule has 0 amide bonds. The number of halogens is 1. The molecule has 0 N–H and O–H groups in total. The summed E-state index contributed by atoms with van der Waals surface area (Å²) < 4.78 is 26.0. The average molecular weight is 373 g/mol. The molecule has 0 aliphatic carbocycles. The van der Waals surface area contributed by atoms with Crippen LogP contribution in [0.25, 0.3) is 11.4 Å². The highest BCUT2D eigenvalue weighted by Gasteiger charge is 2.16. The van der Waals surface area contributed by atoms with Crippen LogP contribution in [0.1, 0.15) is 6.92 Å². The summed E-state index contributed by atoms with van der Waals surface area (Å²) >= 11 is 1.57. The molecule has 3 aromatic rings. The minimum Gasteiger partial charge on any atom is -0.496 e. The Morgan fingerprint density at radius 1 is 1.08 bits per heavy atom. The quantitative estimate of drug-likeness (QED) is 0.436. The zero-order valence-corrected chi connectivity index (χ0v) is 15.5. The second-order valence-electron chi connectivity index (χ2n) is 5.40. The highest BCUT2D eigenvalue weighted by Crippen LogP contribution is 2.30. The van der Waals surface area contributed by atoms with Crippen molar-refractivity contribution in [3.63, 3.8) is 0 Å². The fourth-order valence-electron chi connectivity index (χ4n) is 2.53. The summed E-state index contributed by atoms with van der Waals surface area (Å²) in [7, 11) is 1.65. The Hall–Kier alpha value is -2.54. The monoisotopic (exact) mass is 373 g/mol. The van der Waals surface area contributed by atoms with Crippen LogP contribution in [0.4, 0.5) is 4.39 Å². The van der Waals surface area contributed by atoms with Gasteiger partial charge >= 0.3 is 0 Å². The minimum atomic E-state index is -0.272. The third-order valence-corrected chi connectivity index (χ3v) is 4.71. The Labute approximate surface area is 156 Å². The Morgan fingerprint density at radius 2 is 1.85 bits per heavy atom. The van der Waals surface area contributed by atoms with Crippen LogP contribution in [0.15, 0.2) is 53.7 Å². The molecule has 1 aromatic heterocycles. The number of aromatic nitrogens is 3. The van der Waals surface area contributed by atoms with E-state index in [1.807, 2.05) is 24.3 Å². The number of rotatable bonds is 8. The standard InChI is InChI=1S/C19H20FN3O2S/c1-3-23-18(16-6-4-5-7-17(16)24-2)21-22-19(23)26-13-12-25-15-10-8-14(20)9-11-15/h4-11H,3,12-13H2,1-2H3. The van der Waals surface area contributed by atoms with Gasteiger partial charge in [0.05, 0.1) is 19.3 Å². The number of hydrogen-bond donors (Lipinski definition) is 0. The number of hydrogen-bond acceptors (Lipinski definition) is 5. The van der Waals surface area contributed by atoms with Crippen molar-refractivity contribution in [2.24, 2.45) is 0 Å². The maximum Gasteiger partial charge on any atom is 0.191 e. The zero-order chi connectivity index (χ0) is 18.4. The summed E-state index contributed by atoms with van der Waals surface area (Å²) in [5, 5.41) is 9.48. The van der Waals surface area contributed by atoms with E-state index in [-0.39, 0.29) is 5.82 Å². The van der Waals surface area contributed by atoms with Gasteiger partial charge in [-0.15, -0.1) is 10.2 Å². The topological polar surface area (TPSA) is 49.2 Å². The zero-order valence-electron chi connectivity index (χ0n) is 14.7. The SMILES string of the molecule is CCn1c(SCCOc2ccc(F)cc2)nnc1-c1ccccc1OC. The van der Waals surface area contributed by atoms with Gasteiger partial charge in [-0.3, -0.25) is 0 Å². The van der Waals surface area contributed by atoms with Crippen LogP contribution in [-0.4, -0.2) is 34.2 Å². The molecule has 26 heavy (non-hydrogen) atoms. The summed E-state index contributed by atoms with van der Waals surface area (Å²) in [6.07, 6.45) is 0. The highest BCUT2D eigenvalue weighted by molar-refractivity contribution is 7.99. The third kappa shape index (κ3) is 4.16. The van der Waals surface area contributed by atoms with Crippen molar-refractivity contribution >= 4 is 11.8 Å². The maximum absolute atomic E-state index is 12.9. The van der Waals surface area contributed by atoms with Crippen LogP contribution >= 0.6 is 11.8 Å². The van der Waals surface area contributed by atoms with Gasteiger partial charge in [-0.1, -0.05) is 23.9 Å². The van der Waals surface area contributed by atoms with Crippen molar-refractivity contribution in [2.75, 3.05) is 19.5 Å². The van der Waals surface area contributed by atoms with E-state index in [1.165, 1.54) is 12.1 Å². The summed E-state index contributed by atoms with van der Waals surface area (Å²) in [6.45, 7) is 3.31. The Morgan fingerprint density at radius 3 is 2.58 bits per heavy atom. The number of benzene rings is 2. The fraction of sp³-hybridized carbons (Fsp3) is 0.263. The first-order valence-electron chi connectivity index (χ1n) is 8.30. The molecule has 0 aliphatic rings. The molecule has 2 aromatic carbocycles. The van der Waals surface area contributed by atoms with Crippen LogP contribution in [0.2, 0.25) is 0 Å². The van der Waals surface area contributed by atoms with Crippen molar-refractivity contribution < 1.29 is 13.9 Å². The molecular formula is C19H20FN3O2S. The summed E-state index contributed by atoms with van der Waals surface area (Å²) in [6, 6.07) is 13.8. The van der Waals surface area contributed by atoms with E-state index < -0.39 is 0 Å². The van der Waals surface area contributed by atoms with Crippen molar-refractivity contribution in [3.05, 3.63) is 54.3 Å². The molecule has 136 valence electrons. The van der Waals surface area contributed by atoms with Gasteiger partial charge in [0, 0.05) is 12.3 Å². The van der Waals surface area contributed by atoms with Crippen molar-refractivity contribution in [1.29, 1.82) is 0 Å². The van der Waals surface area contributed by atoms with Gasteiger partial charge in [0.25, 0.3) is 0 Å². The molecule has 5 nitrogen and oxygen atoms in total. The molecule has 0 saturated heterocycles. The Balaban J connectivity index is 1.65. The van der Waals surface area contributed by atoms with Gasteiger partial charge in [-0.05, 0) is 43.3 Å². The number of ether oxygens (including phenoxy) is 2. The normalized spacial score (nSPS) is 10.7. The van der Waals surface area contributed by atoms with Crippen LogP contribution in [0.5, 0.6) is 11.5 Å². The second kappa shape index (κ2) is 8.71. The van der Waals surface area contributed by atoms with E-state index in [2.05, 4.69) is 21.7 Å². The molecule has 7 heteroatoms. The number of para-hydroxylation sites is 1. The van der Waals surface area contributed by atoms with Crippen molar-refractivity contribution in [1.82, 2.24) is 14.8 Å². The molecule has 0 spiro atoms. The molecule has 3 rings (SSSR count). The van der Waals surface area contributed by atoms with Crippen molar-refractivity contribution in [3.8, 4) is 22.9 Å². The lowest BCUT2D eigenvalue weighted by Gasteiger charge is -2.10. The molecule has 0 radical (unpaired) electrons. The van der Waals surface area contributed by atoms with Crippen LogP contribution in [-0.2, 0) is 6.54 Å². The van der Waals surface area contributed by atoms with Crippen LogP contribution in [0, 0.1) is 5.82 Å². The van der Waals surface area contributed by atoms with Gasteiger partial charge in [-0.25, -0.2) is 4.39 Å². The van der Waals surface area contributed by atoms with Gasteiger partial charge in [0.2, 0.25) is 0 Å². The molecule has 0 bridgehead atoms. The first kappa shape index (κ1) is 18.3. The predicted molar refractivity (Wildman–Crippen MR) is 100 cm³/mol. The lowest BCUT2D eigenvalue weighted by atomic mass is 10.2. The van der Waals surface area contributed by atoms with E-state index in [1.54, 1.807) is 31.0 Å². The highest BCUT2D eigenvalue weighted by atomic mass is 32.2.